The predicted molar refractivity (Wildman–Crippen MR) is 78.5 cm³/mol. The van der Waals surface area contributed by atoms with Gasteiger partial charge in [0.15, 0.2) is 0 Å². The van der Waals surface area contributed by atoms with Crippen LogP contribution in [0.25, 0.3) is 0 Å². The first-order valence-electron chi connectivity index (χ1n) is 7.07. The SMILES string of the molecule is CCC1(C(=O)Nc2ccc(C(=O)O)c(O)c2)CCNCC1. The van der Waals surface area contributed by atoms with Crippen LogP contribution in [0.3, 0.4) is 0 Å². The van der Waals surface area contributed by atoms with Crippen molar-refractivity contribution in [2.75, 3.05) is 18.4 Å². The van der Waals surface area contributed by atoms with Crippen LogP contribution < -0.4 is 10.6 Å². The van der Waals surface area contributed by atoms with Crippen molar-refractivity contribution in [1.82, 2.24) is 5.32 Å². The molecule has 0 unspecified atom stereocenters. The van der Waals surface area contributed by atoms with Gasteiger partial charge in [-0.25, -0.2) is 4.79 Å². The van der Waals surface area contributed by atoms with Gasteiger partial charge >= 0.3 is 5.97 Å². The fourth-order valence-electron chi connectivity index (χ4n) is 2.70. The lowest BCUT2D eigenvalue weighted by atomic mass is 9.76. The van der Waals surface area contributed by atoms with Gasteiger partial charge in [0.2, 0.25) is 5.91 Å². The number of carbonyl (C=O) groups is 2. The smallest absolute Gasteiger partial charge is 0.339 e. The number of nitrogens with one attached hydrogen (secondary N) is 2. The van der Waals surface area contributed by atoms with Gasteiger partial charge in [-0.3, -0.25) is 4.79 Å². The molecule has 1 heterocycles. The Morgan fingerprint density at radius 3 is 2.52 bits per heavy atom. The van der Waals surface area contributed by atoms with E-state index in [1.807, 2.05) is 6.92 Å². The maximum absolute atomic E-state index is 12.5. The lowest BCUT2D eigenvalue weighted by Crippen LogP contribution is -2.44. The number of carbonyl (C=O) groups excluding carboxylic acids is 1. The third-order valence-corrected chi connectivity index (χ3v) is 4.21. The van der Waals surface area contributed by atoms with Crippen molar-refractivity contribution < 1.29 is 19.8 Å². The zero-order chi connectivity index (χ0) is 15.5. The molecule has 6 nitrogen and oxygen atoms in total. The second-order valence-corrected chi connectivity index (χ2v) is 5.38. The normalized spacial score (nSPS) is 17.2. The number of carboxylic acids is 1. The molecule has 1 aromatic carbocycles. The minimum absolute atomic E-state index is 0.0750. The van der Waals surface area contributed by atoms with Crippen molar-refractivity contribution in [2.24, 2.45) is 5.41 Å². The number of aromatic carboxylic acids is 1. The highest BCUT2D eigenvalue weighted by atomic mass is 16.4. The Morgan fingerprint density at radius 2 is 2.00 bits per heavy atom. The Labute approximate surface area is 123 Å². The van der Waals surface area contributed by atoms with Crippen LogP contribution in [0.15, 0.2) is 18.2 Å². The molecule has 0 atom stereocenters. The summed E-state index contributed by atoms with van der Waals surface area (Å²) < 4.78 is 0. The molecule has 1 aliphatic rings. The molecule has 1 saturated heterocycles. The van der Waals surface area contributed by atoms with Crippen molar-refractivity contribution in [3.05, 3.63) is 23.8 Å². The molecular weight excluding hydrogens is 272 g/mol. The number of aromatic hydroxyl groups is 1. The Morgan fingerprint density at radius 1 is 1.33 bits per heavy atom. The summed E-state index contributed by atoms with van der Waals surface area (Å²) in [4.78, 5) is 23.4. The molecule has 114 valence electrons. The van der Waals surface area contributed by atoms with E-state index < -0.39 is 11.4 Å². The Balaban J connectivity index is 2.15. The lowest BCUT2D eigenvalue weighted by Gasteiger charge is -2.35. The van der Waals surface area contributed by atoms with Crippen LogP contribution in [0, 0.1) is 5.41 Å². The van der Waals surface area contributed by atoms with Crippen LogP contribution in [0.2, 0.25) is 0 Å². The lowest BCUT2D eigenvalue weighted by molar-refractivity contribution is -0.127. The number of rotatable bonds is 4. The fraction of sp³-hybridized carbons (Fsp3) is 0.467. The molecule has 6 heteroatoms. The van der Waals surface area contributed by atoms with Gasteiger partial charge in [0, 0.05) is 11.8 Å². The number of phenols is 1. The number of amides is 1. The van der Waals surface area contributed by atoms with Gasteiger partial charge in [-0.2, -0.15) is 0 Å². The average molecular weight is 292 g/mol. The van der Waals surface area contributed by atoms with Crippen LogP contribution >= 0.6 is 0 Å². The van der Waals surface area contributed by atoms with Crippen molar-refractivity contribution in [1.29, 1.82) is 0 Å². The van der Waals surface area contributed by atoms with Crippen molar-refractivity contribution in [3.8, 4) is 5.75 Å². The number of piperidine rings is 1. The Bertz CT molecular complexity index is 551. The average Bonchev–Trinajstić information content (AvgIpc) is 2.47. The van der Waals surface area contributed by atoms with E-state index in [1.54, 1.807) is 0 Å². The summed E-state index contributed by atoms with van der Waals surface area (Å²) in [7, 11) is 0. The van der Waals surface area contributed by atoms with Gasteiger partial charge in [-0.05, 0) is 44.5 Å². The summed E-state index contributed by atoms with van der Waals surface area (Å²) in [6, 6.07) is 4.05. The number of benzene rings is 1. The Hall–Kier alpha value is -2.08. The third kappa shape index (κ3) is 3.16. The molecular formula is C15H20N2O4. The number of hydrogen-bond acceptors (Lipinski definition) is 4. The number of carboxylic acid groups (broad SMARTS) is 1. The second kappa shape index (κ2) is 6.13. The largest absolute Gasteiger partial charge is 0.507 e. The van der Waals surface area contributed by atoms with E-state index in [-0.39, 0.29) is 17.2 Å². The number of hydrogen-bond donors (Lipinski definition) is 4. The Kier molecular flexibility index (Phi) is 4.47. The van der Waals surface area contributed by atoms with Gasteiger partial charge in [-0.1, -0.05) is 6.92 Å². The van der Waals surface area contributed by atoms with E-state index in [0.29, 0.717) is 5.69 Å². The molecule has 1 fully saturated rings. The van der Waals surface area contributed by atoms with Crippen LogP contribution in [-0.4, -0.2) is 35.2 Å². The first-order valence-corrected chi connectivity index (χ1v) is 7.07. The van der Waals surface area contributed by atoms with Crippen molar-refractivity contribution in [2.45, 2.75) is 26.2 Å². The molecule has 0 spiro atoms. The second-order valence-electron chi connectivity index (χ2n) is 5.38. The molecule has 1 aromatic rings. The summed E-state index contributed by atoms with van der Waals surface area (Å²) in [6.07, 6.45) is 2.29. The quantitative estimate of drug-likeness (QED) is 0.678. The predicted octanol–water partition coefficient (Wildman–Crippen LogP) is 1.81. The van der Waals surface area contributed by atoms with Gasteiger partial charge in [0.25, 0.3) is 0 Å². The van der Waals surface area contributed by atoms with Crippen LogP contribution in [-0.2, 0) is 4.79 Å². The molecule has 1 amide bonds. The summed E-state index contributed by atoms with van der Waals surface area (Å²) in [5, 5.41) is 24.6. The van der Waals surface area contributed by atoms with E-state index in [0.717, 1.165) is 32.4 Å². The minimum Gasteiger partial charge on any atom is -0.507 e. The molecule has 1 aliphatic heterocycles. The third-order valence-electron chi connectivity index (χ3n) is 4.21. The summed E-state index contributed by atoms with van der Waals surface area (Å²) in [6.45, 7) is 3.62. The number of anilines is 1. The molecule has 0 bridgehead atoms. The first kappa shape index (κ1) is 15.3. The van der Waals surface area contributed by atoms with Crippen LogP contribution in [0.4, 0.5) is 5.69 Å². The maximum Gasteiger partial charge on any atom is 0.339 e. The van der Waals surface area contributed by atoms with E-state index >= 15 is 0 Å². The topological polar surface area (TPSA) is 98.7 Å². The monoisotopic (exact) mass is 292 g/mol. The van der Waals surface area contributed by atoms with Gasteiger partial charge in [0.05, 0.1) is 5.41 Å². The standard InChI is InChI=1S/C15H20N2O4/c1-2-15(5-7-16-8-6-15)14(21)17-10-3-4-11(13(19)20)12(18)9-10/h3-4,9,16,18H,2,5-8H2,1H3,(H,17,21)(H,19,20). The first-order chi connectivity index (χ1) is 9.98. The molecule has 0 saturated carbocycles. The van der Waals surface area contributed by atoms with E-state index in [4.69, 9.17) is 5.11 Å². The molecule has 0 aliphatic carbocycles. The van der Waals surface area contributed by atoms with E-state index in [9.17, 15) is 14.7 Å². The summed E-state index contributed by atoms with van der Waals surface area (Å²) >= 11 is 0. The maximum atomic E-state index is 12.5. The summed E-state index contributed by atoms with van der Waals surface area (Å²) in [5.74, 6) is -1.63. The van der Waals surface area contributed by atoms with Crippen LogP contribution in [0.1, 0.15) is 36.5 Å². The van der Waals surface area contributed by atoms with Crippen molar-refractivity contribution >= 4 is 17.6 Å². The zero-order valence-corrected chi connectivity index (χ0v) is 12.0. The summed E-state index contributed by atoms with van der Waals surface area (Å²) in [5.41, 5.74) is -0.166. The highest BCUT2D eigenvalue weighted by Gasteiger charge is 2.37. The zero-order valence-electron chi connectivity index (χ0n) is 12.0. The van der Waals surface area contributed by atoms with E-state index in [1.165, 1.54) is 18.2 Å². The molecule has 4 N–H and O–H groups in total. The van der Waals surface area contributed by atoms with Gasteiger partial charge in [0.1, 0.15) is 11.3 Å². The van der Waals surface area contributed by atoms with E-state index in [2.05, 4.69) is 10.6 Å². The molecule has 2 rings (SSSR count). The van der Waals surface area contributed by atoms with Crippen LogP contribution in [0.5, 0.6) is 5.75 Å². The molecule has 0 aromatic heterocycles. The highest BCUT2D eigenvalue weighted by molar-refractivity contribution is 5.97. The molecule has 21 heavy (non-hydrogen) atoms. The minimum atomic E-state index is -1.20. The van der Waals surface area contributed by atoms with Gasteiger partial charge < -0.3 is 20.8 Å². The highest BCUT2D eigenvalue weighted by Crippen LogP contribution is 2.34. The molecule has 0 radical (unpaired) electrons. The fourth-order valence-corrected chi connectivity index (χ4v) is 2.70. The van der Waals surface area contributed by atoms with Crippen molar-refractivity contribution in [3.63, 3.8) is 0 Å². The van der Waals surface area contributed by atoms with Gasteiger partial charge in [-0.15, -0.1) is 0 Å².